The second-order valence-corrected chi connectivity index (χ2v) is 6.04. The predicted octanol–water partition coefficient (Wildman–Crippen LogP) is 1.92. The fourth-order valence-electron chi connectivity index (χ4n) is 3.08. The van der Waals surface area contributed by atoms with E-state index in [0.29, 0.717) is 12.5 Å². The van der Waals surface area contributed by atoms with Crippen molar-refractivity contribution in [2.45, 2.75) is 13.0 Å². The summed E-state index contributed by atoms with van der Waals surface area (Å²) in [5, 5.41) is 8.03. The van der Waals surface area contributed by atoms with Crippen LogP contribution in [0.1, 0.15) is 12.1 Å². The van der Waals surface area contributed by atoms with E-state index in [1.807, 2.05) is 54.3 Å². The molecule has 0 aliphatic carbocycles. The van der Waals surface area contributed by atoms with Gasteiger partial charge in [0.1, 0.15) is 0 Å². The Morgan fingerprint density at radius 2 is 2.17 bits per heavy atom. The van der Waals surface area contributed by atoms with Crippen molar-refractivity contribution in [3.63, 3.8) is 0 Å². The van der Waals surface area contributed by atoms with Crippen molar-refractivity contribution >= 4 is 5.96 Å². The number of methoxy groups -OCH3 is 1. The summed E-state index contributed by atoms with van der Waals surface area (Å²) in [5.41, 5.74) is 2.06. The van der Waals surface area contributed by atoms with Crippen LogP contribution in [0.5, 0.6) is 0 Å². The average molecular weight is 327 g/mol. The van der Waals surface area contributed by atoms with Crippen molar-refractivity contribution in [2.24, 2.45) is 10.9 Å². The Kier molecular flexibility index (Phi) is 5.48. The summed E-state index contributed by atoms with van der Waals surface area (Å²) in [5.74, 6) is 1.52. The van der Waals surface area contributed by atoms with Crippen LogP contribution in [0.4, 0.5) is 0 Å². The molecule has 1 aliphatic heterocycles. The van der Waals surface area contributed by atoms with Crippen LogP contribution in [0.15, 0.2) is 47.6 Å². The SMILES string of the molecule is CN=C(NCc1ccn(-c2ccccc2)n1)N1CCC(COC)C1. The number of guanidine groups is 1. The van der Waals surface area contributed by atoms with E-state index in [4.69, 9.17) is 4.74 Å². The number of benzene rings is 1. The molecule has 2 heterocycles. The molecule has 1 unspecified atom stereocenters. The van der Waals surface area contributed by atoms with Gasteiger partial charge in [-0.3, -0.25) is 4.99 Å². The molecule has 2 aromatic rings. The Hall–Kier alpha value is -2.34. The Morgan fingerprint density at radius 1 is 1.33 bits per heavy atom. The third kappa shape index (κ3) is 3.94. The number of aromatic nitrogens is 2. The molecule has 0 amide bonds. The first-order chi connectivity index (χ1) is 11.8. The van der Waals surface area contributed by atoms with Gasteiger partial charge in [-0.1, -0.05) is 18.2 Å². The molecule has 6 nitrogen and oxygen atoms in total. The van der Waals surface area contributed by atoms with Gasteiger partial charge < -0.3 is 15.0 Å². The summed E-state index contributed by atoms with van der Waals surface area (Å²) in [6, 6.07) is 12.2. The van der Waals surface area contributed by atoms with Crippen molar-refractivity contribution in [1.29, 1.82) is 0 Å². The van der Waals surface area contributed by atoms with Gasteiger partial charge in [0.25, 0.3) is 0 Å². The number of hydrogen-bond acceptors (Lipinski definition) is 3. The standard InChI is InChI=1S/C18H25N5O/c1-19-18(22-10-8-15(13-22)14-24-2)20-12-16-9-11-23(21-16)17-6-4-3-5-7-17/h3-7,9,11,15H,8,10,12-14H2,1-2H3,(H,19,20). The minimum atomic E-state index is 0.589. The van der Waals surface area contributed by atoms with Gasteiger partial charge in [0, 0.05) is 39.4 Å². The highest BCUT2D eigenvalue weighted by Crippen LogP contribution is 2.16. The van der Waals surface area contributed by atoms with E-state index in [-0.39, 0.29) is 0 Å². The Morgan fingerprint density at radius 3 is 2.92 bits per heavy atom. The van der Waals surface area contributed by atoms with Gasteiger partial charge in [-0.05, 0) is 24.6 Å². The summed E-state index contributed by atoms with van der Waals surface area (Å²) < 4.78 is 7.15. The van der Waals surface area contributed by atoms with Crippen molar-refractivity contribution in [3.05, 3.63) is 48.3 Å². The first-order valence-corrected chi connectivity index (χ1v) is 8.34. The first-order valence-electron chi connectivity index (χ1n) is 8.34. The van der Waals surface area contributed by atoms with Gasteiger partial charge in [-0.15, -0.1) is 0 Å². The second-order valence-electron chi connectivity index (χ2n) is 6.04. The normalized spacial score (nSPS) is 18.2. The van der Waals surface area contributed by atoms with Gasteiger partial charge in [0.15, 0.2) is 5.96 Å². The molecule has 0 radical (unpaired) electrons. The van der Waals surface area contributed by atoms with Crippen molar-refractivity contribution in [1.82, 2.24) is 20.0 Å². The lowest BCUT2D eigenvalue weighted by Crippen LogP contribution is -2.39. The zero-order valence-corrected chi connectivity index (χ0v) is 14.4. The van der Waals surface area contributed by atoms with E-state index in [1.54, 1.807) is 7.11 Å². The minimum Gasteiger partial charge on any atom is -0.384 e. The van der Waals surface area contributed by atoms with Crippen LogP contribution in [0.3, 0.4) is 0 Å². The van der Waals surface area contributed by atoms with Gasteiger partial charge >= 0.3 is 0 Å². The Bertz CT molecular complexity index is 667. The van der Waals surface area contributed by atoms with Crippen LogP contribution in [0.25, 0.3) is 5.69 Å². The van der Waals surface area contributed by atoms with E-state index in [9.17, 15) is 0 Å². The Balaban J connectivity index is 1.56. The van der Waals surface area contributed by atoms with Crippen LogP contribution in [0.2, 0.25) is 0 Å². The maximum atomic E-state index is 5.26. The molecule has 6 heteroatoms. The number of nitrogens with one attached hydrogen (secondary N) is 1. The molecule has 1 atom stereocenters. The minimum absolute atomic E-state index is 0.589. The number of likely N-dealkylation sites (tertiary alicyclic amines) is 1. The molecule has 3 rings (SSSR count). The maximum Gasteiger partial charge on any atom is 0.193 e. The number of nitrogens with zero attached hydrogens (tertiary/aromatic N) is 4. The van der Waals surface area contributed by atoms with E-state index in [2.05, 4.69) is 20.3 Å². The van der Waals surface area contributed by atoms with Crippen molar-refractivity contribution in [2.75, 3.05) is 33.9 Å². The van der Waals surface area contributed by atoms with Crippen molar-refractivity contribution < 1.29 is 4.74 Å². The van der Waals surface area contributed by atoms with Crippen LogP contribution in [0, 0.1) is 5.92 Å². The third-order valence-electron chi connectivity index (χ3n) is 4.29. The largest absolute Gasteiger partial charge is 0.384 e. The zero-order valence-electron chi connectivity index (χ0n) is 14.4. The molecule has 128 valence electrons. The molecule has 1 N–H and O–H groups in total. The number of para-hydroxylation sites is 1. The molecule has 1 aromatic carbocycles. The summed E-state index contributed by atoms with van der Waals surface area (Å²) in [6.07, 6.45) is 3.14. The highest BCUT2D eigenvalue weighted by atomic mass is 16.5. The molecule has 24 heavy (non-hydrogen) atoms. The molecular formula is C18H25N5O. The van der Waals surface area contributed by atoms with Crippen LogP contribution in [-0.2, 0) is 11.3 Å². The predicted molar refractivity (Wildman–Crippen MR) is 95.3 cm³/mol. The number of ether oxygens (including phenoxy) is 1. The van der Waals surface area contributed by atoms with E-state index in [0.717, 1.165) is 43.5 Å². The molecule has 0 spiro atoms. The lowest BCUT2D eigenvalue weighted by atomic mass is 10.1. The average Bonchev–Trinajstić information content (AvgIpc) is 3.27. The fourth-order valence-corrected chi connectivity index (χ4v) is 3.08. The summed E-state index contributed by atoms with van der Waals surface area (Å²) in [4.78, 5) is 6.69. The molecule has 1 fully saturated rings. The van der Waals surface area contributed by atoms with Crippen molar-refractivity contribution in [3.8, 4) is 5.69 Å². The monoisotopic (exact) mass is 327 g/mol. The second kappa shape index (κ2) is 7.97. The highest BCUT2D eigenvalue weighted by Gasteiger charge is 2.24. The lowest BCUT2D eigenvalue weighted by molar-refractivity contribution is 0.157. The van der Waals surface area contributed by atoms with Crippen LogP contribution < -0.4 is 5.32 Å². The van der Waals surface area contributed by atoms with Gasteiger partial charge in [-0.25, -0.2) is 4.68 Å². The van der Waals surface area contributed by atoms with E-state index >= 15 is 0 Å². The molecule has 1 aromatic heterocycles. The fraction of sp³-hybridized carbons (Fsp3) is 0.444. The number of hydrogen-bond donors (Lipinski definition) is 1. The first kappa shape index (κ1) is 16.5. The molecule has 1 saturated heterocycles. The molecular weight excluding hydrogens is 302 g/mol. The van der Waals surface area contributed by atoms with Crippen LogP contribution in [-0.4, -0.2) is 54.5 Å². The molecule has 1 aliphatic rings. The smallest absolute Gasteiger partial charge is 0.193 e. The number of rotatable bonds is 5. The van der Waals surface area contributed by atoms with E-state index < -0.39 is 0 Å². The highest BCUT2D eigenvalue weighted by molar-refractivity contribution is 5.80. The third-order valence-corrected chi connectivity index (χ3v) is 4.29. The summed E-state index contributed by atoms with van der Waals surface area (Å²) in [7, 11) is 3.59. The maximum absolute atomic E-state index is 5.26. The quantitative estimate of drug-likeness (QED) is 0.673. The summed E-state index contributed by atoms with van der Waals surface area (Å²) >= 11 is 0. The van der Waals surface area contributed by atoms with Gasteiger partial charge in [0.05, 0.1) is 24.5 Å². The lowest BCUT2D eigenvalue weighted by Gasteiger charge is -2.21. The number of aliphatic imine (C=N–C) groups is 1. The van der Waals surface area contributed by atoms with Crippen LogP contribution >= 0.6 is 0 Å². The van der Waals surface area contributed by atoms with E-state index in [1.165, 1.54) is 0 Å². The molecule has 0 bridgehead atoms. The van der Waals surface area contributed by atoms with Gasteiger partial charge in [-0.2, -0.15) is 5.10 Å². The topological polar surface area (TPSA) is 54.7 Å². The zero-order chi connectivity index (χ0) is 16.8. The Labute approximate surface area is 143 Å². The summed E-state index contributed by atoms with van der Waals surface area (Å²) in [6.45, 7) is 3.49. The molecule has 0 saturated carbocycles. The van der Waals surface area contributed by atoms with Gasteiger partial charge in [0.2, 0.25) is 0 Å².